The lowest BCUT2D eigenvalue weighted by Crippen LogP contribution is -2.50. The van der Waals surface area contributed by atoms with Gasteiger partial charge in [0, 0.05) is 13.6 Å². The van der Waals surface area contributed by atoms with E-state index >= 15 is 0 Å². The molecule has 0 aromatic heterocycles. The molecule has 0 aliphatic carbocycles. The second-order valence-electron chi connectivity index (χ2n) is 7.89. The number of likely N-dealkylation sites (N-methyl/N-ethyl adjacent to an activating group) is 1. The van der Waals surface area contributed by atoms with Gasteiger partial charge in [-0.2, -0.15) is 22.5 Å². The number of benzene rings is 2. The first kappa shape index (κ1) is 28.7. The molecule has 0 radical (unpaired) electrons. The van der Waals surface area contributed by atoms with Crippen LogP contribution in [0.4, 0.5) is 22.4 Å². The molecule has 2 aromatic carbocycles. The van der Waals surface area contributed by atoms with Crippen molar-refractivity contribution < 1.29 is 50.3 Å². The summed E-state index contributed by atoms with van der Waals surface area (Å²) in [7, 11) is -3.41. The minimum Gasteiger partial charge on any atom is -0.457 e. The summed E-state index contributed by atoms with van der Waals surface area (Å²) in [6, 6.07) is 6.78. The number of urea groups is 1. The molecule has 0 saturated heterocycles. The molecule has 2 N–H and O–H groups in total. The number of carbonyl (C=O) groups is 3. The minimum absolute atomic E-state index is 0.212. The zero-order valence-electron chi connectivity index (χ0n) is 19.5. The number of ether oxygens (including phenoxy) is 1. The number of aliphatic imine (C=N–C) groups is 1. The second-order valence-corrected chi connectivity index (χ2v) is 9.89. The quantitative estimate of drug-likeness (QED) is 0.273. The fourth-order valence-electron chi connectivity index (χ4n) is 3.40. The molecule has 38 heavy (non-hydrogen) atoms. The predicted octanol–water partition coefficient (Wildman–Crippen LogP) is 2.86. The first-order chi connectivity index (χ1) is 17.7. The number of nitrogens with one attached hydrogen (secondary N) is 1. The monoisotopic (exact) mass is 560 g/mol. The lowest BCUT2D eigenvalue weighted by molar-refractivity contribution is -0.134. The van der Waals surface area contributed by atoms with Crippen molar-refractivity contribution in [2.45, 2.75) is 30.0 Å². The zero-order valence-corrected chi connectivity index (χ0v) is 20.3. The molecular weight excluding hydrogens is 540 g/mol. The Kier molecular flexibility index (Phi) is 8.48. The van der Waals surface area contributed by atoms with Crippen molar-refractivity contribution in [3.05, 3.63) is 54.3 Å². The van der Waals surface area contributed by atoms with Crippen LogP contribution >= 0.6 is 0 Å². The van der Waals surface area contributed by atoms with E-state index in [1.165, 1.54) is 41.9 Å². The van der Waals surface area contributed by atoms with Crippen molar-refractivity contribution in [3.63, 3.8) is 0 Å². The summed E-state index contributed by atoms with van der Waals surface area (Å²) in [5, 5.41) is 9.09. The molecule has 1 heterocycles. The highest BCUT2D eigenvalue weighted by Gasteiger charge is 2.43. The van der Waals surface area contributed by atoms with E-state index in [0.717, 1.165) is 19.2 Å². The van der Waals surface area contributed by atoms with Crippen molar-refractivity contribution >= 4 is 33.6 Å². The molecule has 0 fully saturated rings. The van der Waals surface area contributed by atoms with Crippen LogP contribution in [0.15, 0.2) is 58.4 Å². The number of nitrogens with zero attached hydrogens (tertiary/aromatic N) is 3. The fourth-order valence-corrected chi connectivity index (χ4v) is 4.75. The van der Waals surface area contributed by atoms with Crippen molar-refractivity contribution in [1.82, 2.24) is 14.7 Å². The molecule has 204 valence electrons. The topological polar surface area (TPSA) is 146 Å². The lowest BCUT2D eigenvalue weighted by Gasteiger charge is -2.29. The van der Waals surface area contributed by atoms with Gasteiger partial charge in [-0.3, -0.25) is 19.7 Å². The van der Waals surface area contributed by atoms with Gasteiger partial charge in [0.25, 0.3) is 5.91 Å². The third-order valence-corrected chi connectivity index (χ3v) is 7.32. The molecule has 1 unspecified atom stereocenters. The zero-order chi connectivity index (χ0) is 28.3. The highest BCUT2D eigenvalue weighted by Crippen LogP contribution is 2.26. The number of hydrogen-bond donors (Lipinski definition) is 2. The van der Waals surface area contributed by atoms with Gasteiger partial charge in [0.1, 0.15) is 29.1 Å². The van der Waals surface area contributed by atoms with Gasteiger partial charge in [0.2, 0.25) is 15.9 Å². The Labute approximate surface area is 213 Å². The molecule has 3 rings (SSSR count). The van der Waals surface area contributed by atoms with Crippen molar-refractivity contribution in [2.24, 2.45) is 4.99 Å². The van der Waals surface area contributed by atoms with E-state index in [1.807, 2.05) is 0 Å². The maximum absolute atomic E-state index is 13.1. The normalized spacial score (nSPS) is 15.3. The van der Waals surface area contributed by atoms with Gasteiger partial charge in [0.05, 0.1) is 11.3 Å². The molecule has 0 saturated carbocycles. The molecule has 0 bridgehead atoms. The third kappa shape index (κ3) is 6.51. The highest BCUT2D eigenvalue weighted by molar-refractivity contribution is 7.89. The van der Waals surface area contributed by atoms with E-state index in [4.69, 9.17) is 9.94 Å². The highest BCUT2D eigenvalue weighted by atomic mass is 32.2. The van der Waals surface area contributed by atoms with Crippen molar-refractivity contribution in [2.75, 3.05) is 13.6 Å². The Morgan fingerprint density at radius 1 is 1.13 bits per heavy atom. The largest absolute Gasteiger partial charge is 0.457 e. The Hall–Kier alpha value is -3.89. The summed E-state index contributed by atoms with van der Waals surface area (Å²) < 4.78 is 83.7. The molecule has 0 spiro atoms. The third-order valence-electron chi connectivity index (χ3n) is 5.44. The van der Waals surface area contributed by atoms with Crippen LogP contribution in [0.3, 0.4) is 0 Å². The number of imide groups is 1. The van der Waals surface area contributed by atoms with Gasteiger partial charge in [-0.25, -0.2) is 23.1 Å². The molecule has 4 amide bonds. The maximum Gasteiger partial charge on any atom is 0.430 e. The smallest absolute Gasteiger partial charge is 0.430 e. The first-order valence-electron chi connectivity index (χ1n) is 10.7. The standard InChI is InChI=1S/C22H20F4N4O7S/c1-29(38(35,36)16-8-6-15(7-9-16)37-14-4-2-13(23)3-5-14)17(20(32)28-34)10-11-30-19(31)12-18(22(24,25)26)27-21(30)33/h2-9,17,34H,10-12H2,1H3,(H,28,32). The van der Waals surface area contributed by atoms with Crippen LogP contribution < -0.4 is 10.2 Å². The summed E-state index contributed by atoms with van der Waals surface area (Å²) >= 11 is 0. The number of rotatable bonds is 9. The first-order valence-corrected chi connectivity index (χ1v) is 12.1. The van der Waals surface area contributed by atoms with Crippen LogP contribution in [0, 0.1) is 5.82 Å². The number of carbonyl (C=O) groups excluding carboxylic acids is 3. The summed E-state index contributed by atoms with van der Waals surface area (Å²) in [5.74, 6) is -2.43. The summed E-state index contributed by atoms with van der Waals surface area (Å²) in [4.78, 5) is 39.2. The summed E-state index contributed by atoms with van der Waals surface area (Å²) in [6.07, 6.45) is -6.75. The second kappa shape index (κ2) is 11.2. The number of halogens is 4. The van der Waals surface area contributed by atoms with Gasteiger partial charge in [-0.15, -0.1) is 0 Å². The van der Waals surface area contributed by atoms with E-state index < -0.39 is 71.0 Å². The van der Waals surface area contributed by atoms with Crippen LogP contribution in [0.2, 0.25) is 0 Å². The van der Waals surface area contributed by atoms with Gasteiger partial charge >= 0.3 is 12.2 Å². The van der Waals surface area contributed by atoms with Crippen molar-refractivity contribution in [3.8, 4) is 11.5 Å². The number of amides is 4. The van der Waals surface area contributed by atoms with Crippen LogP contribution in [0.5, 0.6) is 11.5 Å². The molecule has 1 atom stereocenters. The number of hydrogen-bond acceptors (Lipinski definition) is 7. The van der Waals surface area contributed by atoms with Gasteiger partial charge < -0.3 is 4.74 Å². The van der Waals surface area contributed by atoms with Gasteiger partial charge in [0.15, 0.2) is 0 Å². The fraction of sp³-hybridized carbons (Fsp3) is 0.273. The predicted molar refractivity (Wildman–Crippen MR) is 121 cm³/mol. The Balaban J connectivity index is 1.75. The lowest BCUT2D eigenvalue weighted by atomic mass is 10.1. The molecule has 1 aliphatic rings. The van der Waals surface area contributed by atoms with Crippen LogP contribution in [0.25, 0.3) is 0 Å². The molecule has 2 aromatic rings. The average molecular weight is 560 g/mol. The number of sulfonamides is 1. The van der Waals surface area contributed by atoms with Crippen LogP contribution in [-0.2, 0) is 19.6 Å². The molecule has 1 aliphatic heterocycles. The molecule has 16 heteroatoms. The van der Waals surface area contributed by atoms with Crippen LogP contribution in [0.1, 0.15) is 12.8 Å². The van der Waals surface area contributed by atoms with Gasteiger partial charge in [-0.05, 0) is 55.0 Å². The van der Waals surface area contributed by atoms with Gasteiger partial charge in [-0.1, -0.05) is 0 Å². The van der Waals surface area contributed by atoms with E-state index in [-0.39, 0.29) is 16.4 Å². The minimum atomic E-state index is -4.98. The Bertz CT molecular complexity index is 1350. The summed E-state index contributed by atoms with van der Waals surface area (Å²) in [6.45, 7) is -0.658. The van der Waals surface area contributed by atoms with E-state index in [1.54, 1.807) is 0 Å². The van der Waals surface area contributed by atoms with E-state index in [2.05, 4.69) is 4.99 Å². The van der Waals surface area contributed by atoms with E-state index in [0.29, 0.717) is 9.21 Å². The maximum atomic E-state index is 13.1. The average Bonchev–Trinajstić information content (AvgIpc) is 2.86. The molecule has 11 nitrogen and oxygen atoms in total. The number of alkyl halides is 3. The Morgan fingerprint density at radius 2 is 1.68 bits per heavy atom. The summed E-state index contributed by atoms with van der Waals surface area (Å²) in [5.41, 5.74) is -0.279. The van der Waals surface area contributed by atoms with E-state index in [9.17, 15) is 40.4 Å². The Morgan fingerprint density at radius 3 is 2.18 bits per heavy atom. The molecular formula is C22H20F4N4O7S. The SMILES string of the molecule is CN(C(CCN1C(=O)CC(C(F)(F)F)=NC1=O)C(=O)NO)S(=O)(=O)c1ccc(Oc2ccc(F)cc2)cc1. The number of hydroxylamine groups is 1. The van der Waals surface area contributed by atoms with Crippen LogP contribution in [-0.4, -0.2) is 72.2 Å². The van der Waals surface area contributed by atoms with Crippen molar-refractivity contribution in [1.29, 1.82) is 0 Å².